The minimum Gasteiger partial charge on any atom is -0.512 e. The smallest absolute Gasteiger partial charge is 0.164 e. The first-order valence-electron chi connectivity index (χ1n) is 15.7. The van der Waals surface area contributed by atoms with Gasteiger partial charge >= 0.3 is 0 Å². The van der Waals surface area contributed by atoms with Crippen LogP contribution in [0.2, 0.25) is 0 Å². The van der Waals surface area contributed by atoms with Crippen molar-refractivity contribution in [1.29, 1.82) is 0 Å². The normalized spacial score (nSPS) is 14.1. The van der Waals surface area contributed by atoms with Crippen LogP contribution in [0.3, 0.4) is 0 Å². The van der Waals surface area contributed by atoms with Gasteiger partial charge < -0.3 is 14.5 Å². The Morgan fingerprint density at radius 3 is 2.20 bits per heavy atom. The number of rotatable bonds is 7. The molecule has 6 rings (SSSR count). The standard InChI is InChI=1S/C24H16NO.C15H28O2.Ir/c1-24(2)17-10-6-12-19-21(17)20-16(9-5-11-18(20)26-19)23-22(24)15-8-4-3-7-14(15)13-25-23;1-7-14(5,8-2)12(16)11-13(17)15(6,9-3)10-4;/h3-8,10-13H,1-2H3;11,16H,7-10H2,1-6H3;/q-1;;/b;12-11-;. The van der Waals surface area contributed by atoms with Crippen LogP contribution in [0.5, 0.6) is 0 Å². The summed E-state index contributed by atoms with van der Waals surface area (Å²) in [6, 6.07) is 22.3. The number of benzene rings is 3. The molecule has 1 aliphatic rings. The van der Waals surface area contributed by atoms with Crippen molar-refractivity contribution >= 4 is 38.5 Å². The van der Waals surface area contributed by atoms with Gasteiger partial charge in [0.25, 0.3) is 0 Å². The second kappa shape index (κ2) is 12.6. The zero-order valence-corrected chi connectivity index (χ0v) is 29.6. The summed E-state index contributed by atoms with van der Waals surface area (Å²) < 4.78 is 6.16. The molecule has 0 spiro atoms. The van der Waals surface area contributed by atoms with Crippen LogP contribution in [0.4, 0.5) is 0 Å². The summed E-state index contributed by atoms with van der Waals surface area (Å²) in [7, 11) is 0. The summed E-state index contributed by atoms with van der Waals surface area (Å²) in [6.07, 6.45) is 6.73. The van der Waals surface area contributed by atoms with E-state index in [2.05, 4.69) is 62.4 Å². The number of carbonyl (C=O) groups is 1. The third kappa shape index (κ3) is 5.43. The molecule has 1 radical (unpaired) electrons. The number of hydrogen-bond donors (Lipinski definition) is 1. The molecular formula is C39H44IrNO3-. The number of carbonyl (C=O) groups excluding carboxylic acids is 1. The minimum atomic E-state index is -0.337. The summed E-state index contributed by atoms with van der Waals surface area (Å²) in [6.45, 7) is 16.7. The molecule has 44 heavy (non-hydrogen) atoms. The molecule has 0 saturated heterocycles. The van der Waals surface area contributed by atoms with E-state index in [-0.39, 0.29) is 47.9 Å². The molecule has 0 saturated carbocycles. The van der Waals surface area contributed by atoms with E-state index in [0.29, 0.717) is 0 Å². The van der Waals surface area contributed by atoms with E-state index in [1.54, 1.807) is 0 Å². The van der Waals surface area contributed by atoms with Gasteiger partial charge in [0.15, 0.2) is 5.78 Å². The van der Waals surface area contributed by atoms with E-state index in [1.807, 2.05) is 59.9 Å². The van der Waals surface area contributed by atoms with Crippen LogP contribution in [0.15, 0.2) is 77.0 Å². The molecule has 4 nitrogen and oxygen atoms in total. The van der Waals surface area contributed by atoms with E-state index in [1.165, 1.54) is 33.4 Å². The maximum absolute atomic E-state index is 12.2. The van der Waals surface area contributed by atoms with Crippen molar-refractivity contribution in [2.75, 3.05) is 0 Å². The predicted molar refractivity (Wildman–Crippen MR) is 179 cm³/mol. The van der Waals surface area contributed by atoms with Crippen molar-refractivity contribution in [3.63, 3.8) is 0 Å². The van der Waals surface area contributed by atoms with E-state index in [9.17, 15) is 9.90 Å². The first-order chi connectivity index (χ1) is 20.5. The second-order valence-electron chi connectivity index (χ2n) is 13.0. The van der Waals surface area contributed by atoms with Crippen LogP contribution < -0.4 is 0 Å². The van der Waals surface area contributed by atoms with Crippen molar-refractivity contribution in [3.8, 4) is 11.3 Å². The number of nitrogens with zero attached hydrogens (tertiary/aromatic N) is 1. The Kier molecular flexibility index (Phi) is 9.64. The monoisotopic (exact) mass is 767 g/mol. The number of aromatic nitrogens is 1. The topological polar surface area (TPSA) is 63.3 Å². The Hall–Kier alpha value is -3.27. The fraction of sp³-hybridized carbons (Fsp3) is 0.385. The quantitative estimate of drug-likeness (QED) is 0.102. The van der Waals surface area contributed by atoms with Crippen molar-refractivity contribution in [1.82, 2.24) is 4.98 Å². The first kappa shape index (κ1) is 33.6. The number of aliphatic hydroxyl groups is 1. The summed E-state index contributed by atoms with van der Waals surface area (Å²) >= 11 is 0. The molecule has 5 heteroatoms. The van der Waals surface area contributed by atoms with E-state index in [4.69, 9.17) is 9.40 Å². The number of aliphatic hydroxyl groups excluding tert-OH is 1. The largest absolute Gasteiger partial charge is 0.512 e. The Morgan fingerprint density at radius 1 is 0.909 bits per heavy atom. The van der Waals surface area contributed by atoms with Gasteiger partial charge in [-0.15, -0.1) is 17.7 Å². The predicted octanol–water partition coefficient (Wildman–Crippen LogP) is 10.9. The van der Waals surface area contributed by atoms with Gasteiger partial charge in [-0.3, -0.25) is 4.79 Å². The van der Waals surface area contributed by atoms with Gasteiger partial charge in [0.2, 0.25) is 0 Å². The molecule has 1 aliphatic carbocycles. The fourth-order valence-electron chi connectivity index (χ4n) is 6.32. The molecule has 233 valence electrons. The van der Waals surface area contributed by atoms with E-state index >= 15 is 0 Å². The summed E-state index contributed by atoms with van der Waals surface area (Å²) in [5.41, 5.74) is 5.64. The van der Waals surface area contributed by atoms with Crippen molar-refractivity contribution in [2.24, 2.45) is 10.8 Å². The summed E-state index contributed by atoms with van der Waals surface area (Å²) in [5.74, 6) is 0.286. The van der Waals surface area contributed by atoms with Crippen LogP contribution in [-0.2, 0) is 30.3 Å². The Balaban J connectivity index is 0.000000218. The average Bonchev–Trinajstić information content (AvgIpc) is 3.38. The van der Waals surface area contributed by atoms with Crippen LogP contribution in [-0.4, -0.2) is 15.9 Å². The van der Waals surface area contributed by atoms with Gasteiger partial charge in [-0.05, 0) is 64.7 Å². The molecule has 0 fully saturated rings. The molecule has 0 atom stereocenters. The summed E-state index contributed by atoms with van der Waals surface area (Å²) in [5, 5.41) is 14.9. The molecular weight excluding hydrogens is 723 g/mol. The maximum atomic E-state index is 12.2. The third-order valence-corrected chi connectivity index (χ3v) is 10.4. The molecule has 2 heterocycles. The zero-order chi connectivity index (χ0) is 31.2. The van der Waals surface area contributed by atoms with Gasteiger partial charge in [-0.2, -0.15) is 0 Å². The summed E-state index contributed by atoms with van der Waals surface area (Å²) in [4.78, 5) is 17.1. The second-order valence-corrected chi connectivity index (χ2v) is 13.0. The molecule has 0 unspecified atom stereocenters. The number of allylic oxidation sites excluding steroid dienone is 2. The Bertz CT molecular complexity index is 1850. The number of furan rings is 1. The first-order valence-corrected chi connectivity index (χ1v) is 15.7. The van der Waals surface area contributed by atoms with Crippen LogP contribution >= 0.6 is 0 Å². The van der Waals surface area contributed by atoms with Gasteiger partial charge in [0, 0.05) is 48.6 Å². The third-order valence-electron chi connectivity index (χ3n) is 10.4. The van der Waals surface area contributed by atoms with Gasteiger partial charge in [0.1, 0.15) is 11.3 Å². The van der Waals surface area contributed by atoms with Crippen molar-refractivity contribution in [2.45, 2.75) is 86.5 Å². The van der Waals surface area contributed by atoms with Crippen LogP contribution in [0, 0.1) is 16.9 Å². The van der Waals surface area contributed by atoms with Gasteiger partial charge in [-0.1, -0.05) is 103 Å². The molecule has 0 bridgehead atoms. The van der Waals surface area contributed by atoms with Gasteiger partial charge in [0.05, 0.1) is 5.58 Å². The van der Waals surface area contributed by atoms with Crippen LogP contribution in [0.1, 0.15) is 92.2 Å². The number of ketones is 1. The fourth-order valence-corrected chi connectivity index (χ4v) is 6.32. The average molecular weight is 767 g/mol. The molecule has 2 aromatic heterocycles. The van der Waals surface area contributed by atoms with Crippen molar-refractivity contribution in [3.05, 3.63) is 89.8 Å². The van der Waals surface area contributed by atoms with E-state index < -0.39 is 0 Å². The Labute approximate surface area is 275 Å². The molecule has 0 amide bonds. The number of hydrogen-bond acceptors (Lipinski definition) is 4. The number of fused-ring (bicyclic) bond motifs is 4. The molecule has 3 aromatic carbocycles. The minimum absolute atomic E-state index is 0. The zero-order valence-electron chi connectivity index (χ0n) is 27.2. The van der Waals surface area contributed by atoms with Crippen molar-refractivity contribution < 1.29 is 34.4 Å². The van der Waals surface area contributed by atoms with Gasteiger partial charge in [-0.25, -0.2) is 0 Å². The molecule has 5 aromatic rings. The maximum Gasteiger partial charge on any atom is 0.164 e. The van der Waals surface area contributed by atoms with Crippen LogP contribution in [0.25, 0.3) is 44.0 Å². The SMILES string of the molecule is CC1(C)c2c(ncc3ccccc23)-c2[c-]ccc3oc4cccc1c4c23.CCC(C)(CC)C(=O)/C=C(\O)C(C)(CC)CC.[Ir]. The Morgan fingerprint density at radius 2 is 1.55 bits per heavy atom. The molecule has 1 N–H and O–H groups in total. The van der Waals surface area contributed by atoms with E-state index in [0.717, 1.165) is 53.5 Å². The molecule has 0 aliphatic heterocycles. The number of pyridine rings is 1.